The van der Waals surface area contributed by atoms with Gasteiger partial charge in [-0.25, -0.2) is 9.59 Å². The van der Waals surface area contributed by atoms with Gasteiger partial charge in [-0.15, -0.1) is 0 Å². The molecule has 6 heteroatoms. The Morgan fingerprint density at radius 3 is 2.83 bits per heavy atom. The van der Waals surface area contributed by atoms with Crippen molar-refractivity contribution in [3.63, 3.8) is 0 Å². The van der Waals surface area contributed by atoms with Gasteiger partial charge < -0.3 is 9.84 Å². The van der Waals surface area contributed by atoms with Crippen molar-refractivity contribution in [3.05, 3.63) is 28.2 Å². The number of ether oxygens (including phenoxy) is 1. The quantitative estimate of drug-likeness (QED) is 0.911. The normalized spacial score (nSPS) is 19.6. The van der Waals surface area contributed by atoms with E-state index in [9.17, 15) is 9.59 Å². The molecule has 1 N–H and O–H groups in total. The number of hydrogen-bond acceptors (Lipinski definition) is 3. The summed E-state index contributed by atoms with van der Waals surface area (Å²) in [5, 5.41) is 8.79. The van der Waals surface area contributed by atoms with E-state index in [2.05, 4.69) is 15.9 Å². The molecule has 0 spiro atoms. The highest BCUT2D eigenvalue weighted by molar-refractivity contribution is 9.10. The molecule has 1 aromatic rings. The van der Waals surface area contributed by atoms with Crippen LogP contribution in [0.5, 0.6) is 0 Å². The Bertz CT molecular complexity index is 503. The molecule has 1 aromatic carbocycles. The van der Waals surface area contributed by atoms with Gasteiger partial charge in [-0.3, -0.25) is 4.90 Å². The Kier molecular flexibility index (Phi) is 3.56. The summed E-state index contributed by atoms with van der Waals surface area (Å²) < 4.78 is 5.82. The van der Waals surface area contributed by atoms with Crippen LogP contribution in [0, 0.1) is 6.92 Å². The molecule has 96 valence electrons. The van der Waals surface area contributed by atoms with Crippen molar-refractivity contribution in [1.82, 2.24) is 0 Å². The van der Waals surface area contributed by atoms with Gasteiger partial charge in [-0.1, -0.05) is 15.9 Å². The van der Waals surface area contributed by atoms with E-state index in [1.54, 1.807) is 6.07 Å². The summed E-state index contributed by atoms with van der Waals surface area (Å²) in [5.74, 6) is -1.10. The van der Waals surface area contributed by atoms with E-state index < -0.39 is 18.2 Å². The van der Waals surface area contributed by atoms with Crippen LogP contribution in [0.15, 0.2) is 22.7 Å². The van der Waals surface area contributed by atoms with Crippen LogP contribution in [0.1, 0.15) is 12.0 Å². The van der Waals surface area contributed by atoms with E-state index >= 15 is 0 Å². The van der Waals surface area contributed by atoms with Gasteiger partial charge in [-0.05, 0) is 30.7 Å². The second-order valence-electron chi connectivity index (χ2n) is 4.08. The zero-order valence-electron chi connectivity index (χ0n) is 9.72. The molecular weight excluding hydrogens is 302 g/mol. The van der Waals surface area contributed by atoms with Gasteiger partial charge in [0.05, 0.1) is 0 Å². The highest BCUT2D eigenvalue weighted by atomic mass is 79.9. The minimum Gasteiger partial charge on any atom is -0.479 e. The first kappa shape index (κ1) is 12.9. The molecule has 1 fully saturated rings. The lowest BCUT2D eigenvalue weighted by molar-refractivity contribution is -0.147. The molecule has 1 aliphatic heterocycles. The molecule has 0 saturated carbocycles. The van der Waals surface area contributed by atoms with Crippen molar-refractivity contribution in [2.45, 2.75) is 19.4 Å². The van der Waals surface area contributed by atoms with Gasteiger partial charge in [0.15, 0.2) is 0 Å². The van der Waals surface area contributed by atoms with Crippen LogP contribution in [-0.2, 0) is 9.53 Å². The van der Waals surface area contributed by atoms with Crippen LogP contribution in [-0.4, -0.2) is 29.8 Å². The van der Waals surface area contributed by atoms with Gasteiger partial charge >= 0.3 is 12.1 Å². The van der Waals surface area contributed by atoms with Crippen molar-refractivity contribution in [2.75, 3.05) is 11.4 Å². The molecule has 0 bridgehead atoms. The van der Waals surface area contributed by atoms with Crippen molar-refractivity contribution in [2.24, 2.45) is 0 Å². The molecule has 1 aliphatic rings. The van der Waals surface area contributed by atoms with Crippen LogP contribution in [0.25, 0.3) is 0 Å². The van der Waals surface area contributed by atoms with Gasteiger partial charge in [0.25, 0.3) is 0 Å². The summed E-state index contributed by atoms with van der Waals surface area (Å²) in [6, 6.07) is 5.49. The second kappa shape index (κ2) is 4.97. The average molecular weight is 314 g/mol. The number of carbonyl (C=O) groups excluding carboxylic acids is 1. The monoisotopic (exact) mass is 313 g/mol. The number of carboxylic acid groups (broad SMARTS) is 1. The smallest absolute Gasteiger partial charge is 0.415 e. The molecule has 1 saturated heterocycles. The van der Waals surface area contributed by atoms with E-state index in [0.29, 0.717) is 12.2 Å². The summed E-state index contributed by atoms with van der Waals surface area (Å²) in [7, 11) is 0. The number of hydrogen-bond donors (Lipinski definition) is 1. The molecule has 0 aromatic heterocycles. The van der Waals surface area contributed by atoms with Crippen molar-refractivity contribution >= 4 is 33.7 Å². The maximum absolute atomic E-state index is 11.7. The third kappa shape index (κ3) is 2.48. The highest BCUT2D eigenvalue weighted by Gasteiger charge is 2.32. The van der Waals surface area contributed by atoms with E-state index in [0.717, 1.165) is 10.0 Å². The number of aryl methyl sites for hydroxylation is 1. The van der Waals surface area contributed by atoms with Gasteiger partial charge in [0.1, 0.15) is 0 Å². The number of cyclic esters (lactones) is 1. The maximum atomic E-state index is 11.7. The topological polar surface area (TPSA) is 66.8 Å². The Balaban J connectivity index is 2.18. The average Bonchev–Trinajstić information content (AvgIpc) is 2.32. The van der Waals surface area contributed by atoms with Crippen LogP contribution in [0.2, 0.25) is 0 Å². The Morgan fingerprint density at radius 1 is 1.56 bits per heavy atom. The number of carboxylic acids is 1. The van der Waals surface area contributed by atoms with Crippen molar-refractivity contribution in [3.8, 4) is 0 Å². The van der Waals surface area contributed by atoms with Crippen LogP contribution < -0.4 is 4.90 Å². The molecule has 18 heavy (non-hydrogen) atoms. The highest BCUT2D eigenvalue weighted by Crippen LogP contribution is 2.26. The molecule has 2 rings (SSSR count). The fourth-order valence-corrected chi connectivity index (χ4v) is 2.03. The third-order valence-corrected chi connectivity index (χ3v) is 3.70. The largest absolute Gasteiger partial charge is 0.479 e. The number of rotatable bonds is 2. The lowest BCUT2D eigenvalue weighted by Crippen LogP contribution is -2.45. The van der Waals surface area contributed by atoms with E-state index in [4.69, 9.17) is 9.84 Å². The lowest BCUT2D eigenvalue weighted by Gasteiger charge is -2.30. The molecule has 1 heterocycles. The first-order valence-corrected chi connectivity index (χ1v) is 6.25. The van der Waals surface area contributed by atoms with Crippen LogP contribution in [0.3, 0.4) is 0 Å². The van der Waals surface area contributed by atoms with E-state index in [-0.39, 0.29) is 6.42 Å². The standard InChI is InChI=1S/C12H12BrNO4/c1-7-6-8(2-3-9(7)13)14-5-4-10(11(15)16)18-12(14)17/h2-3,6,10H,4-5H2,1H3,(H,15,16). The number of aliphatic carboxylic acids is 1. The molecular formula is C12H12BrNO4. The number of amides is 1. The molecule has 1 atom stereocenters. The number of halogens is 1. The Labute approximate surface area is 112 Å². The minimum atomic E-state index is -1.10. The molecule has 0 radical (unpaired) electrons. The number of carbonyl (C=O) groups is 2. The third-order valence-electron chi connectivity index (χ3n) is 2.81. The predicted molar refractivity (Wildman–Crippen MR) is 68.7 cm³/mol. The van der Waals surface area contributed by atoms with E-state index in [1.165, 1.54) is 4.90 Å². The van der Waals surface area contributed by atoms with Crippen molar-refractivity contribution < 1.29 is 19.4 Å². The summed E-state index contributed by atoms with van der Waals surface area (Å²) in [6.07, 6.45) is -1.36. The summed E-state index contributed by atoms with van der Waals surface area (Å²) >= 11 is 3.38. The van der Waals surface area contributed by atoms with Crippen molar-refractivity contribution in [1.29, 1.82) is 0 Å². The number of benzene rings is 1. The van der Waals surface area contributed by atoms with Crippen LogP contribution in [0.4, 0.5) is 10.5 Å². The first-order valence-electron chi connectivity index (χ1n) is 5.46. The maximum Gasteiger partial charge on any atom is 0.415 e. The SMILES string of the molecule is Cc1cc(N2CCC(C(=O)O)OC2=O)ccc1Br. The zero-order valence-corrected chi connectivity index (χ0v) is 11.3. The van der Waals surface area contributed by atoms with Crippen LogP contribution >= 0.6 is 15.9 Å². The lowest BCUT2D eigenvalue weighted by atomic mass is 10.1. The first-order chi connectivity index (χ1) is 8.49. The van der Waals surface area contributed by atoms with E-state index in [1.807, 2.05) is 19.1 Å². The molecule has 1 unspecified atom stereocenters. The number of nitrogens with zero attached hydrogens (tertiary/aromatic N) is 1. The zero-order chi connectivity index (χ0) is 13.3. The second-order valence-corrected chi connectivity index (χ2v) is 4.94. The van der Waals surface area contributed by atoms with Gasteiger partial charge in [-0.2, -0.15) is 0 Å². The van der Waals surface area contributed by atoms with Gasteiger partial charge in [0.2, 0.25) is 6.10 Å². The summed E-state index contributed by atoms with van der Waals surface area (Å²) in [5.41, 5.74) is 1.71. The molecule has 0 aliphatic carbocycles. The summed E-state index contributed by atoms with van der Waals surface area (Å²) in [6.45, 7) is 2.26. The Hall–Kier alpha value is -1.56. The summed E-state index contributed by atoms with van der Waals surface area (Å²) in [4.78, 5) is 23.9. The fourth-order valence-electron chi connectivity index (χ4n) is 1.79. The Morgan fingerprint density at radius 2 is 2.28 bits per heavy atom. The fraction of sp³-hybridized carbons (Fsp3) is 0.333. The number of anilines is 1. The molecule has 5 nitrogen and oxygen atoms in total. The predicted octanol–water partition coefficient (Wildman–Crippen LogP) is 2.56. The molecule has 1 amide bonds. The minimum absolute atomic E-state index is 0.288. The van der Waals surface area contributed by atoms with Gasteiger partial charge in [0, 0.05) is 23.1 Å².